The third-order valence-electron chi connectivity index (χ3n) is 3.22. The number of ether oxygens (including phenoxy) is 1. The summed E-state index contributed by atoms with van der Waals surface area (Å²) in [4.78, 5) is 13.4. The van der Waals surface area contributed by atoms with E-state index in [-0.39, 0.29) is 17.5 Å². The number of nitrogens with zero attached hydrogens (tertiary/aromatic N) is 1. The Morgan fingerprint density at radius 3 is 2.32 bits per heavy atom. The summed E-state index contributed by atoms with van der Waals surface area (Å²) in [7, 11) is -1.48. The van der Waals surface area contributed by atoms with Gasteiger partial charge in [0, 0.05) is 19.6 Å². The van der Waals surface area contributed by atoms with E-state index in [1.807, 2.05) is 12.1 Å². The maximum atomic E-state index is 11.3. The van der Waals surface area contributed by atoms with Gasteiger partial charge in [-0.15, -0.1) is 0 Å². The van der Waals surface area contributed by atoms with E-state index in [9.17, 15) is 13.2 Å². The zero-order valence-corrected chi connectivity index (χ0v) is 11.6. The van der Waals surface area contributed by atoms with Gasteiger partial charge in [0.2, 0.25) is 0 Å². The summed E-state index contributed by atoms with van der Waals surface area (Å²) in [6.45, 7) is 1.85. The molecule has 0 unspecified atom stereocenters. The molecule has 0 aromatic heterocycles. The fourth-order valence-electron chi connectivity index (χ4n) is 2.03. The Kier molecular flexibility index (Phi) is 4.21. The van der Waals surface area contributed by atoms with E-state index >= 15 is 0 Å². The van der Waals surface area contributed by atoms with Crippen molar-refractivity contribution < 1.29 is 17.9 Å². The number of methoxy groups -OCH3 is 1. The molecule has 1 aromatic carbocycles. The molecule has 0 saturated carbocycles. The summed E-state index contributed by atoms with van der Waals surface area (Å²) in [5, 5.41) is 0. The quantitative estimate of drug-likeness (QED) is 0.764. The minimum absolute atomic E-state index is 0.229. The fraction of sp³-hybridized carbons (Fsp3) is 0.462. The van der Waals surface area contributed by atoms with E-state index in [2.05, 4.69) is 9.64 Å². The Hall–Kier alpha value is -1.40. The first kappa shape index (κ1) is 14.0. The van der Waals surface area contributed by atoms with E-state index in [0.717, 1.165) is 5.56 Å². The molecular formula is C13H17NO4S. The van der Waals surface area contributed by atoms with Crippen LogP contribution in [0.4, 0.5) is 0 Å². The Labute approximate surface area is 113 Å². The summed E-state index contributed by atoms with van der Waals surface area (Å²) in [5.41, 5.74) is 1.58. The first-order valence-electron chi connectivity index (χ1n) is 6.10. The van der Waals surface area contributed by atoms with Crippen LogP contribution in [0.25, 0.3) is 0 Å². The van der Waals surface area contributed by atoms with Crippen molar-refractivity contribution in [2.45, 2.75) is 6.54 Å². The summed E-state index contributed by atoms with van der Waals surface area (Å²) in [6, 6.07) is 7.19. The lowest BCUT2D eigenvalue weighted by Crippen LogP contribution is -2.39. The van der Waals surface area contributed by atoms with Gasteiger partial charge < -0.3 is 4.74 Å². The zero-order chi connectivity index (χ0) is 13.9. The standard InChI is InChI=1S/C13H17NO4S/c1-18-13(15)12-4-2-11(3-5-12)10-14-6-8-19(16,17)9-7-14/h2-5H,6-10H2,1H3. The average Bonchev–Trinajstić information content (AvgIpc) is 2.41. The van der Waals surface area contributed by atoms with E-state index in [0.29, 0.717) is 25.2 Å². The van der Waals surface area contributed by atoms with Crippen molar-refractivity contribution in [2.75, 3.05) is 31.7 Å². The number of esters is 1. The van der Waals surface area contributed by atoms with Crippen LogP contribution in [0.5, 0.6) is 0 Å². The number of hydrogen-bond acceptors (Lipinski definition) is 5. The van der Waals surface area contributed by atoms with Gasteiger partial charge in [-0.3, -0.25) is 4.90 Å². The molecule has 0 aliphatic carbocycles. The molecule has 0 atom stereocenters. The summed E-state index contributed by atoms with van der Waals surface area (Å²) >= 11 is 0. The van der Waals surface area contributed by atoms with Gasteiger partial charge in [-0.2, -0.15) is 0 Å². The highest BCUT2D eigenvalue weighted by molar-refractivity contribution is 7.91. The van der Waals surface area contributed by atoms with Crippen molar-refractivity contribution in [3.8, 4) is 0 Å². The molecule has 6 heteroatoms. The van der Waals surface area contributed by atoms with E-state index in [4.69, 9.17) is 0 Å². The van der Waals surface area contributed by atoms with Crippen LogP contribution in [0, 0.1) is 0 Å². The number of rotatable bonds is 3. The minimum atomic E-state index is -2.83. The highest BCUT2D eigenvalue weighted by atomic mass is 32.2. The smallest absolute Gasteiger partial charge is 0.337 e. The first-order valence-corrected chi connectivity index (χ1v) is 7.92. The van der Waals surface area contributed by atoms with Gasteiger partial charge in [0.15, 0.2) is 9.84 Å². The van der Waals surface area contributed by atoms with Crippen LogP contribution < -0.4 is 0 Å². The summed E-state index contributed by atoms with van der Waals surface area (Å²) in [6.07, 6.45) is 0. The highest BCUT2D eigenvalue weighted by Crippen LogP contribution is 2.11. The van der Waals surface area contributed by atoms with Crippen LogP contribution in [-0.4, -0.2) is 51.0 Å². The molecule has 1 heterocycles. The van der Waals surface area contributed by atoms with Gasteiger partial charge in [-0.25, -0.2) is 13.2 Å². The molecule has 19 heavy (non-hydrogen) atoms. The molecule has 1 aliphatic heterocycles. The van der Waals surface area contributed by atoms with Crippen LogP contribution in [-0.2, 0) is 21.1 Å². The number of carbonyl (C=O) groups is 1. The van der Waals surface area contributed by atoms with Crippen molar-refractivity contribution in [3.63, 3.8) is 0 Å². The monoisotopic (exact) mass is 283 g/mol. The Bertz CT molecular complexity index is 537. The molecule has 1 aliphatic rings. The van der Waals surface area contributed by atoms with Crippen LogP contribution in [0.1, 0.15) is 15.9 Å². The largest absolute Gasteiger partial charge is 0.465 e. The second kappa shape index (κ2) is 5.71. The predicted molar refractivity (Wildman–Crippen MR) is 71.7 cm³/mol. The van der Waals surface area contributed by atoms with Crippen molar-refractivity contribution in [1.82, 2.24) is 4.90 Å². The fourth-order valence-corrected chi connectivity index (χ4v) is 3.31. The second-order valence-corrected chi connectivity index (χ2v) is 6.92. The lowest BCUT2D eigenvalue weighted by molar-refractivity contribution is 0.0600. The maximum absolute atomic E-state index is 11.3. The zero-order valence-electron chi connectivity index (χ0n) is 10.8. The summed E-state index contributed by atoms with van der Waals surface area (Å²) < 4.78 is 27.3. The van der Waals surface area contributed by atoms with Gasteiger partial charge in [-0.05, 0) is 17.7 Å². The normalized spacial score (nSPS) is 19.0. The Morgan fingerprint density at radius 2 is 1.79 bits per heavy atom. The SMILES string of the molecule is COC(=O)c1ccc(CN2CCS(=O)(=O)CC2)cc1. The van der Waals surface area contributed by atoms with Crippen molar-refractivity contribution >= 4 is 15.8 Å². The average molecular weight is 283 g/mol. The third kappa shape index (κ3) is 3.78. The predicted octanol–water partition coefficient (Wildman–Crippen LogP) is 0.704. The molecule has 0 amide bonds. The van der Waals surface area contributed by atoms with Crippen molar-refractivity contribution in [3.05, 3.63) is 35.4 Å². The van der Waals surface area contributed by atoms with E-state index in [1.54, 1.807) is 12.1 Å². The molecule has 0 radical (unpaired) electrons. The molecular weight excluding hydrogens is 266 g/mol. The molecule has 5 nitrogen and oxygen atoms in total. The third-order valence-corrected chi connectivity index (χ3v) is 4.83. The number of benzene rings is 1. The Balaban J connectivity index is 1.95. The van der Waals surface area contributed by atoms with Crippen molar-refractivity contribution in [2.24, 2.45) is 0 Å². The van der Waals surface area contributed by atoms with Crippen LogP contribution in [0.15, 0.2) is 24.3 Å². The van der Waals surface area contributed by atoms with Gasteiger partial charge in [-0.1, -0.05) is 12.1 Å². The topological polar surface area (TPSA) is 63.7 Å². The van der Waals surface area contributed by atoms with E-state index in [1.165, 1.54) is 7.11 Å². The van der Waals surface area contributed by atoms with Crippen LogP contribution >= 0.6 is 0 Å². The van der Waals surface area contributed by atoms with Gasteiger partial charge in [0.1, 0.15) is 0 Å². The number of hydrogen-bond donors (Lipinski definition) is 0. The van der Waals surface area contributed by atoms with Gasteiger partial charge in [0.05, 0.1) is 24.2 Å². The minimum Gasteiger partial charge on any atom is -0.465 e. The maximum Gasteiger partial charge on any atom is 0.337 e. The molecule has 1 fully saturated rings. The number of sulfone groups is 1. The lowest BCUT2D eigenvalue weighted by Gasteiger charge is -2.26. The second-order valence-electron chi connectivity index (χ2n) is 4.62. The summed E-state index contributed by atoms with van der Waals surface area (Å²) in [5.74, 6) is 0.108. The van der Waals surface area contributed by atoms with Crippen molar-refractivity contribution in [1.29, 1.82) is 0 Å². The van der Waals surface area contributed by atoms with Crippen LogP contribution in [0.2, 0.25) is 0 Å². The molecule has 1 saturated heterocycles. The first-order chi connectivity index (χ1) is 9.00. The lowest BCUT2D eigenvalue weighted by atomic mass is 10.1. The van der Waals surface area contributed by atoms with Gasteiger partial charge in [0.25, 0.3) is 0 Å². The molecule has 1 aromatic rings. The molecule has 0 bridgehead atoms. The molecule has 2 rings (SSSR count). The molecule has 0 N–H and O–H groups in total. The molecule has 0 spiro atoms. The molecule has 104 valence electrons. The Morgan fingerprint density at radius 1 is 1.21 bits per heavy atom. The van der Waals surface area contributed by atoms with Crippen LogP contribution in [0.3, 0.4) is 0 Å². The number of carbonyl (C=O) groups excluding carboxylic acids is 1. The van der Waals surface area contributed by atoms with Gasteiger partial charge >= 0.3 is 5.97 Å². The van der Waals surface area contributed by atoms with E-state index < -0.39 is 9.84 Å². The highest BCUT2D eigenvalue weighted by Gasteiger charge is 2.21.